The number of phenols is 2. The molecule has 410 valence electrons. The topological polar surface area (TPSA) is 77.4 Å². The third-order valence-electron chi connectivity index (χ3n) is 17.8. The van der Waals surface area contributed by atoms with E-state index in [1.54, 1.807) is 24.3 Å². The molecule has 12 aromatic carbocycles. The SMILES string of the molecule is Oc1ccc(C2(c3ccc(OCCOc4ccc(C5(c6ccc(OCCOc7ccc(C8(c9ccc(O)cc9)c9ccccc9-c9ccccc98)cc7)cc6)c6ccccc6-c6ccccc65)cc4)cc3)c3ccccc3-c3ccccc32)cc1. The molecule has 0 bridgehead atoms. The van der Waals surface area contributed by atoms with Gasteiger partial charge in [-0.2, -0.15) is 0 Å². The molecule has 0 spiro atoms. The molecule has 6 nitrogen and oxygen atoms in total. The van der Waals surface area contributed by atoms with Gasteiger partial charge in [-0.05, 0) is 173 Å². The van der Waals surface area contributed by atoms with Crippen molar-refractivity contribution in [2.75, 3.05) is 26.4 Å². The second-order valence-electron chi connectivity index (χ2n) is 22.1. The first-order chi connectivity index (χ1) is 41.9. The Morgan fingerprint density at radius 3 is 0.553 bits per heavy atom. The summed E-state index contributed by atoms with van der Waals surface area (Å²) in [6.45, 7) is 1.46. The minimum Gasteiger partial charge on any atom is -0.508 e. The van der Waals surface area contributed by atoms with E-state index in [1.807, 2.05) is 48.5 Å². The van der Waals surface area contributed by atoms with Crippen molar-refractivity contribution in [3.8, 4) is 67.9 Å². The molecule has 0 atom stereocenters. The first kappa shape index (κ1) is 51.3. The van der Waals surface area contributed by atoms with Gasteiger partial charge in [-0.25, -0.2) is 0 Å². The van der Waals surface area contributed by atoms with E-state index in [9.17, 15) is 10.2 Å². The van der Waals surface area contributed by atoms with Crippen molar-refractivity contribution in [3.05, 3.63) is 358 Å². The fraction of sp³-hybridized carbons (Fsp3) is 0.0886. The second-order valence-corrected chi connectivity index (χ2v) is 22.1. The molecule has 12 aromatic rings. The average Bonchev–Trinajstić information content (AvgIpc) is 1.76. The van der Waals surface area contributed by atoms with Crippen LogP contribution >= 0.6 is 0 Å². The van der Waals surface area contributed by atoms with Crippen molar-refractivity contribution in [2.45, 2.75) is 16.2 Å². The molecule has 3 aliphatic carbocycles. The van der Waals surface area contributed by atoms with Crippen molar-refractivity contribution >= 4 is 0 Å². The Morgan fingerprint density at radius 1 is 0.200 bits per heavy atom. The molecule has 3 aliphatic rings. The van der Waals surface area contributed by atoms with Crippen molar-refractivity contribution in [2.24, 2.45) is 0 Å². The lowest BCUT2D eigenvalue weighted by Crippen LogP contribution is -2.28. The number of aromatic hydroxyl groups is 2. The van der Waals surface area contributed by atoms with Crippen molar-refractivity contribution < 1.29 is 29.2 Å². The summed E-state index contributed by atoms with van der Waals surface area (Å²) < 4.78 is 25.4. The summed E-state index contributed by atoms with van der Waals surface area (Å²) in [6, 6.07) is 101. The van der Waals surface area contributed by atoms with E-state index in [4.69, 9.17) is 18.9 Å². The largest absolute Gasteiger partial charge is 0.508 e. The third kappa shape index (κ3) is 8.23. The van der Waals surface area contributed by atoms with Gasteiger partial charge in [-0.3, -0.25) is 0 Å². The number of rotatable bonds is 16. The first-order valence-electron chi connectivity index (χ1n) is 29.1. The third-order valence-corrected chi connectivity index (χ3v) is 17.8. The number of fused-ring (bicyclic) bond motifs is 9. The Morgan fingerprint density at radius 2 is 0.365 bits per heavy atom. The van der Waals surface area contributed by atoms with Gasteiger partial charge in [0, 0.05) is 0 Å². The molecule has 0 saturated heterocycles. The molecule has 0 unspecified atom stereocenters. The normalized spacial score (nSPS) is 14.0. The van der Waals surface area contributed by atoms with Gasteiger partial charge in [0.2, 0.25) is 0 Å². The van der Waals surface area contributed by atoms with Crippen LogP contribution in [0.2, 0.25) is 0 Å². The van der Waals surface area contributed by atoms with Gasteiger partial charge >= 0.3 is 0 Å². The predicted octanol–water partition coefficient (Wildman–Crippen LogP) is 17.1. The maximum atomic E-state index is 10.3. The van der Waals surface area contributed by atoms with Crippen LogP contribution in [-0.4, -0.2) is 36.6 Å². The van der Waals surface area contributed by atoms with Crippen LogP contribution in [0.1, 0.15) is 66.8 Å². The molecule has 0 amide bonds. The number of benzene rings is 12. The highest BCUT2D eigenvalue weighted by Crippen LogP contribution is 2.59. The van der Waals surface area contributed by atoms with E-state index in [0.717, 1.165) is 56.4 Å². The second kappa shape index (κ2) is 21.0. The lowest BCUT2D eigenvalue weighted by Gasteiger charge is -2.34. The van der Waals surface area contributed by atoms with Gasteiger partial charge in [0.1, 0.15) is 60.9 Å². The minimum atomic E-state index is -0.595. The van der Waals surface area contributed by atoms with Crippen LogP contribution in [0.5, 0.6) is 34.5 Å². The van der Waals surface area contributed by atoms with Gasteiger partial charge in [0.15, 0.2) is 0 Å². The van der Waals surface area contributed by atoms with Crippen LogP contribution in [0.25, 0.3) is 33.4 Å². The quantitative estimate of drug-likeness (QED) is 0.0939. The number of phenolic OH excluding ortho intramolecular Hbond substituents is 2. The molecule has 0 fully saturated rings. The summed E-state index contributed by atoms with van der Waals surface area (Å²) in [5.74, 6) is 3.52. The zero-order valence-electron chi connectivity index (χ0n) is 46.6. The summed E-state index contributed by atoms with van der Waals surface area (Å²) in [5.41, 5.74) is 19.5. The van der Waals surface area contributed by atoms with Crippen LogP contribution in [0.15, 0.2) is 291 Å². The first-order valence-corrected chi connectivity index (χ1v) is 29.1. The fourth-order valence-corrected chi connectivity index (χ4v) is 14.3. The van der Waals surface area contributed by atoms with Crippen molar-refractivity contribution in [1.29, 1.82) is 0 Å². The van der Waals surface area contributed by atoms with Gasteiger partial charge in [0.25, 0.3) is 0 Å². The van der Waals surface area contributed by atoms with Gasteiger partial charge in [0.05, 0.1) is 16.2 Å². The Hall–Kier alpha value is -10.6. The van der Waals surface area contributed by atoms with Crippen LogP contribution in [0.4, 0.5) is 0 Å². The van der Waals surface area contributed by atoms with Gasteiger partial charge in [-0.1, -0.05) is 218 Å². The van der Waals surface area contributed by atoms with Gasteiger partial charge in [-0.15, -0.1) is 0 Å². The summed E-state index contributed by atoms with van der Waals surface area (Å²) >= 11 is 0. The number of hydrogen-bond donors (Lipinski definition) is 2. The lowest BCUT2D eigenvalue weighted by molar-refractivity contribution is 0.217. The molecule has 2 N–H and O–H groups in total. The minimum absolute atomic E-state index is 0.239. The molecule has 0 aromatic heterocycles. The summed E-state index contributed by atoms with van der Waals surface area (Å²) in [4.78, 5) is 0. The van der Waals surface area contributed by atoms with E-state index < -0.39 is 16.2 Å². The molecular formula is C79H58O6. The smallest absolute Gasteiger partial charge is 0.122 e. The van der Waals surface area contributed by atoms with Crippen molar-refractivity contribution in [3.63, 3.8) is 0 Å². The predicted molar refractivity (Wildman–Crippen MR) is 337 cm³/mol. The van der Waals surface area contributed by atoms with Gasteiger partial charge < -0.3 is 29.2 Å². The molecule has 0 heterocycles. The Kier molecular flexibility index (Phi) is 12.7. The average molecular weight is 1100 g/mol. The maximum absolute atomic E-state index is 10.3. The zero-order chi connectivity index (χ0) is 57.0. The van der Waals surface area contributed by atoms with E-state index >= 15 is 0 Å². The standard InChI is InChI=1S/C79H58O6/c80-59-37-25-53(26-38-59)77(71-19-7-1-13-65(71)66-14-2-8-20-72(66)77)55-29-41-61(42-30-55)82-49-51-84-63-45-33-57(34-46-63)79(75-23-11-5-17-69(75)70-18-6-12-24-76(70)79)58-35-47-64(48-36-58)85-52-50-83-62-43-31-56(32-44-62)78(54-27-39-60(81)40-28-54)73-21-9-3-15-67(73)68-16-4-10-22-74(68)78/h1-48,80-81H,49-52H2. The Bertz CT molecular complexity index is 4040. The lowest BCUT2D eigenvalue weighted by atomic mass is 9.68. The molecule has 0 saturated carbocycles. The monoisotopic (exact) mass is 1100 g/mol. The summed E-state index contributed by atoms with van der Waals surface area (Å²) in [6.07, 6.45) is 0. The maximum Gasteiger partial charge on any atom is 0.122 e. The Labute approximate surface area is 495 Å². The fourth-order valence-electron chi connectivity index (χ4n) is 14.3. The highest BCUT2D eigenvalue weighted by Gasteiger charge is 2.49. The molecule has 0 aliphatic heterocycles. The molecule has 0 radical (unpaired) electrons. The van der Waals surface area contributed by atoms with Crippen molar-refractivity contribution in [1.82, 2.24) is 0 Å². The Balaban J connectivity index is 0.632. The van der Waals surface area contributed by atoms with Crippen LogP contribution in [-0.2, 0) is 16.2 Å². The van der Waals surface area contributed by atoms with E-state index in [0.29, 0.717) is 26.4 Å². The molecule has 15 rings (SSSR count). The van der Waals surface area contributed by atoms with E-state index in [1.165, 1.54) is 66.8 Å². The van der Waals surface area contributed by atoms with E-state index in [2.05, 4.69) is 218 Å². The van der Waals surface area contributed by atoms with Crippen LogP contribution < -0.4 is 18.9 Å². The highest BCUT2D eigenvalue weighted by atomic mass is 16.5. The van der Waals surface area contributed by atoms with Crippen LogP contribution in [0, 0.1) is 0 Å². The number of ether oxygens (including phenoxy) is 4. The highest BCUT2D eigenvalue weighted by molar-refractivity contribution is 5.89. The molecule has 6 heteroatoms. The molecular weight excluding hydrogens is 1040 g/mol. The molecule has 85 heavy (non-hydrogen) atoms. The number of hydrogen-bond acceptors (Lipinski definition) is 6. The summed E-state index contributed by atoms with van der Waals surface area (Å²) in [7, 11) is 0. The van der Waals surface area contributed by atoms with Crippen LogP contribution in [0.3, 0.4) is 0 Å². The zero-order valence-corrected chi connectivity index (χ0v) is 46.6. The van der Waals surface area contributed by atoms with E-state index in [-0.39, 0.29) is 11.5 Å². The summed E-state index contributed by atoms with van der Waals surface area (Å²) in [5, 5.41) is 20.6.